The highest BCUT2D eigenvalue weighted by Gasteiger charge is 2.30. The number of hydrogen-bond donors (Lipinski definition) is 1. The maximum absolute atomic E-state index is 13.0. The molecule has 7 nitrogen and oxygen atoms in total. The van der Waals surface area contributed by atoms with Crippen molar-refractivity contribution in [1.82, 2.24) is 9.29 Å². The average molecular weight is 486 g/mol. The van der Waals surface area contributed by atoms with E-state index in [-0.39, 0.29) is 16.8 Å². The van der Waals surface area contributed by atoms with Gasteiger partial charge in [-0.15, -0.1) is 11.3 Å². The molecule has 3 aromatic rings. The van der Waals surface area contributed by atoms with E-state index in [1.165, 1.54) is 35.6 Å². The molecule has 1 aliphatic rings. The van der Waals surface area contributed by atoms with Crippen LogP contribution in [0, 0.1) is 6.92 Å². The van der Waals surface area contributed by atoms with E-state index in [1.54, 1.807) is 11.4 Å². The Hall–Kier alpha value is -2.75. The number of hydrogen-bond acceptors (Lipinski definition) is 6. The van der Waals surface area contributed by atoms with Crippen molar-refractivity contribution in [1.29, 1.82) is 0 Å². The van der Waals surface area contributed by atoms with Crippen molar-refractivity contribution >= 4 is 32.4 Å². The van der Waals surface area contributed by atoms with Gasteiger partial charge in [0.25, 0.3) is 5.91 Å². The first kappa shape index (κ1) is 23.4. The van der Waals surface area contributed by atoms with Crippen molar-refractivity contribution in [3.05, 3.63) is 59.0 Å². The van der Waals surface area contributed by atoms with Crippen LogP contribution < -0.4 is 10.1 Å². The van der Waals surface area contributed by atoms with Gasteiger partial charge in [-0.1, -0.05) is 6.42 Å². The summed E-state index contributed by atoms with van der Waals surface area (Å²) in [6, 6.07) is 11.9. The number of carbonyl (C=O) groups is 1. The summed E-state index contributed by atoms with van der Waals surface area (Å²) in [6.45, 7) is 4.44. The Labute approximate surface area is 198 Å². The Balaban J connectivity index is 1.46. The van der Waals surface area contributed by atoms with Crippen LogP contribution in [0.2, 0.25) is 0 Å². The summed E-state index contributed by atoms with van der Waals surface area (Å²) in [5.41, 5.74) is 3.07. The molecule has 0 radical (unpaired) electrons. The molecule has 1 atom stereocenters. The van der Waals surface area contributed by atoms with Crippen LogP contribution >= 0.6 is 11.3 Å². The molecule has 1 aromatic heterocycles. The quantitative estimate of drug-likeness (QED) is 0.534. The zero-order valence-corrected chi connectivity index (χ0v) is 20.5. The number of aryl methyl sites for hydroxylation is 1. The van der Waals surface area contributed by atoms with Crippen molar-refractivity contribution in [2.24, 2.45) is 0 Å². The van der Waals surface area contributed by atoms with E-state index in [1.807, 2.05) is 37.4 Å². The first-order chi connectivity index (χ1) is 15.8. The third-order valence-corrected chi connectivity index (χ3v) is 8.67. The molecule has 4 rings (SSSR count). The van der Waals surface area contributed by atoms with Gasteiger partial charge in [-0.25, -0.2) is 13.4 Å². The van der Waals surface area contributed by atoms with Crippen LogP contribution in [0.1, 0.15) is 42.1 Å². The van der Waals surface area contributed by atoms with Gasteiger partial charge in [-0.05, 0) is 74.7 Å². The van der Waals surface area contributed by atoms with Crippen molar-refractivity contribution < 1.29 is 17.9 Å². The van der Waals surface area contributed by atoms with E-state index < -0.39 is 10.0 Å². The number of piperidine rings is 1. The molecule has 0 saturated carbocycles. The van der Waals surface area contributed by atoms with Gasteiger partial charge in [0.1, 0.15) is 5.75 Å². The predicted molar refractivity (Wildman–Crippen MR) is 130 cm³/mol. The Bertz CT molecular complexity index is 1250. The first-order valence-corrected chi connectivity index (χ1v) is 13.2. The molecule has 1 N–H and O–H groups in total. The molecular weight excluding hydrogens is 458 g/mol. The lowest BCUT2D eigenvalue weighted by Gasteiger charge is -2.32. The second-order valence-electron chi connectivity index (χ2n) is 8.16. The molecular formula is C24H27N3O4S2. The van der Waals surface area contributed by atoms with Crippen LogP contribution in [0.15, 0.2) is 52.7 Å². The number of nitrogens with zero attached hydrogens (tertiary/aromatic N) is 2. The minimum absolute atomic E-state index is 0.0136. The average Bonchev–Trinajstić information content (AvgIpc) is 3.27. The highest BCUT2D eigenvalue weighted by Crippen LogP contribution is 2.29. The van der Waals surface area contributed by atoms with Crippen LogP contribution in [-0.2, 0) is 10.0 Å². The van der Waals surface area contributed by atoms with Crippen molar-refractivity contribution in [3.8, 4) is 17.0 Å². The van der Waals surface area contributed by atoms with Gasteiger partial charge < -0.3 is 4.74 Å². The Morgan fingerprint density at radius 2 is 1.94 bits per heavy atom. The monoisotopic (exact) mass is 485 g/mol. The number of rotatable bonds is 6. The summed E-state index contributed by atoms with van der Waals surface area (Å²) in [5, 5.41) is 5.15. The Kier molecular flexibility index (Phi) is 6.83. The molecule has 9 heteroatoms. The standard InChI is InChI=1S/C24H27N3O4S2/c1-16-14-19(9-12-22(16)31-3)21-15-32-24(25-21)26-23(28)18-7-10-20(11-8-18)33(29,30)27-13-5-4-6-17(27)2/h7-12,14-15,17H,4-6,13H2,1-3H3,(H,25,26,28)/t17-/m0/s1. The topological polar surface area (TPSA) is 88.6 Å². The van der Waals surface area contributed by atoms with E-state index in [9.17, 15) is 13.2 Å². The van der Waals surface area contributed by atoms with E-state index in [0.29, 0.717) is 17.2 Å². The molecule has 2 aromatic carbocycles. The highest BCUT2D eigenvalue weighted by atomic mass is 32.2. The smallest absolute Gasteiger partial charge is 0.257 e. The van der Waals surface area contributed by atoms with Gasteiger partial charge in [-0.3, -0.25) is 10.1 Å². The first-order valence-electron chi connectivity index (χ1n) is 10.8. The van der Waals surface area contributed by atoms with Gasteiger partial charge >= 0.3 is 0 Å². The minimum atomic E-state index is -3.57. The fourth-order valence-electron chi connectivity index (χ4n) is 4.01. The van der Waals surface area contributed by atoms with E-state index >= 15 is 0 Å². The lowest BCUT2D eigenvalue weighted by atomic mass is 10.1. The summed E-state index contributed by atoms with van der Waals surface area (Å²) in [6.07, 6.45) is 2.78. The van der Waals surface area contributed by atoms with Crippen molar-refractivity contribution in [2.45, 2.75) is 44.0 Å². The summed E-state index contributed by atoms with van der Waals surface area (Å²) >= 11 is 1.33. The Morgan fingerprint density at radius 3 is 2.61 bits per heavy atom. The fraction of sp³-hybridized carbons (Fsp3) is 0.333. The maximum atomic E-state index is 13.0. The number of anilines is 1. The van der Waals surface area contributed by atoms with Crippen LogP contribution in [-0.4, -0.2) is 43.3 Å². The molecule has 1 fully saturated rings. The van der Waals surface area contributed by atoms with Crippen molar-refractivity contribution in [2.75, 3.05) is 19.0 Å². The number of ether oxygens (including phenoxy) is 1. The Morgan fingerprint density at radius 1 is 1.18 bits per heavy atom. The molecule has 174 valence electrons. The third kappa shape index (κ3) is 4.95. The number of methoxy groups -OCH3 is 1. The van der Waals surface area contributed by atoms with Crippen LogP contribution in [0.4, 0.5) is 5.13 Å². The molecule has 0 bridgehead atoms. The van der Waals surface area contributed by atoms with Gasteiger partial charge in [0.2, 0.25) is 10.0 Å². The highest BCUT2D eigenvalue weighted by molar-refractivity contribution is 7.89. The summed E-state index contributed by atoms with van der Waals surface area (Å²) < 4.78 is 32.8. The summed E-state index contributed by atoms with van der Waals surface area (Å²) in [7, 11) is -1.93. The molecule has 1 amide bonds. The van der Waals surface area contributed by atoms with Gasteiger partial charge in [0, 0.05) is 29.1 Å². The maximum Gasteiger partial charge on any atom is 0.257 e. The fourth-order valence-corrected chi connectivity index (χ4v) is 6.43. The second-order valence-corrected chi connectivity index (χ2v) is 10.9. The number of thiazole rings is 1. The third-order valence-electron chi connectivity index (χ3n) is 5.88. The number of amides is 1. The number of aromatic nitrogens is 1. The molecule has 0 spiro atoms. The zero-order chi connectivity index (χ0) is 23.6. The summed E-state index contributed by atoms with van der Waals surface area (Å²) in [4.78, 5) is 17.4. The summed E-state index contributed by atoms with van der Waals surface area (Å²) in [5.74, 6) is 0.472. The number of nitrogens with one attached hydrogen (secondary N) is 1. The number of sulfonamides is 1. The largest absolute Gasteiger partial charge is 0.496 e. The number of carbonyl (C=O) groups excluding carboxylic acids is 1. The van der Waals surface area contributed by atoms with Gasteiger partial charge in [0.05, 0.1) is 17.7 Å². The lowest BCUT2D eigenvalue weighted by Crippen LogP contribution is -2.41. The molecule has 1 aliphatic heterocycles. The normalized spacial score (nSPS) is 17.0. The van der Waals surface area contributed by atoms with Crippen LogP contribution in [0.5, 0.6) is 5.75 Å². The van der Waals surface area contributed by atoms with Crippen LogP contribution in [0.3, 0.4) is 0 Å². The number of benzene rings is 2. The van der Waals surface area contributed by atoms with Crippen molar-refractivity contribution in [3.63, 3.8) is 0 Å². The molecule has 33 heavy (non-hydrogen) atoms. The molecule has 2 heterocycles. The SMILES string of the molecule is COc1ccc(-c2csc(NC(=O)c3ccc(S(=O)(=O)N4CCCC[C@@H]4C)cc3)n2)cc1C. The molecule has 0 unspecified atom stereocenters. The molecule has 0 aliphatic carbocycles. The molecule has 1 saturated heterocycles. The van der Waals surface area contributed by atoms with Crippen LogP contribution in [0.25, 0.3) is 11.3 Å². The van der Waals surface area contributed by atoms with E-state index in [0.717, 1.165) is 41.8 Å². The van der Waals surface area contributed by atoms with E-state index in [2.05, 4.69) is 10.3 Å². The van der Waals surface area contributed by atoms with Gasteiger partial charge in [-0.2, -0.15) is 4.31 Å². The second kappa shape index (κ2) is 9.62. The lowest BCUT2D eigenvalue weighted by molar-refractivity contribution is 0.102. The van der Waals surface area contributed by atoms with E-state index in [4.69, 9.17) is 4.74 Å². The predicted octanol–water partition coefficient (Wildman–Crippen LogP) is 4.94. The minimum Gasteiger partial charge on any atom is -0.496 e. The zero-order valence-electron chi connectivity index (χ0n) is 18.9. The van der Waals surface area contributed by atoms with Gasteiger partial charge in [0.15, 0.2) is 5.13 Å².